The zero-order chi connectivity index (χ0) is 26.4. The summed E-state index contributed by atoms with van der Waals surface area (Å²) in [5.74, 6) is -0.512. The number of rotatable bonds is 18. The third kappa shape index (κ3) is 12.4. The van der Waals surface area contributed by atoms with E-state index in [1.807, 2.05) is 0 Å². The molecule has 0 aromatic carbocycles. The predicted octanol–water partition coefficient (Wildman–Crippen LogP) is 0.522. The third-order valence-corrected chi connectivity index (χ3v) is 6.91. The van der Waals surface area contributed by atoms with Gasteiger partial charge in [0.25, 0.3) is 0 Å². The van der Waals surface area contributed by atoms with Crippen LogP contribution in [-0.2, 0) is 23.1 Å². The molecular formula is C22H43O12P. The van der Waals surface area contributed by atoms with Crippen molar-refractivity contribution in [2.45, 2.75) is 120 Å². The fourth-order valence-electron chi connectivity index (χ4n) is 3.75. The average Bonchev–Trinajstić information content (AvgIpc) is 2.83. The van der Waals surface area contributed by atoms with Crippen LogP contribution in [0.25, 0.3) is 0 Å². The smallest absolute Gasteiger partial charge is 0.463 e. The summed E-state index contributed by atoms with van der Waals surface area (Å²) in [5, 5.41) is 58.3. The molecule has 1 aliphatic rings. The third-order valence-electron chi connectivity index (χ3n) is 5.93. The molecule has 0 aromatic heterocycles. The largest absolute Gasteiger partial charge is 0.472 e. The van der Waals surface area contributed by atoms with Crippen molar-refractivity contribution >= 4 is 13.8 Å². The van der Waals surface area contributed by atoms with Crippen LogP contribution < -0.4 is 0 Å². The lowest BCUT2D eigenvalue weighted by atomic mass is 9.85. The molecule has 12 nitrogen and oxygen atoms in total. The van der Waals surface area contributed by atoms with Gasteiger partial charge in [0.05, 0.1) is 6.61 Å². The first-order valence-electron chi connectivity index (χ1n) is 12.4. The molecule has 0 heterocycles. The Balaban J connectivity index is 2.20. The first kappa shape index (κ1) is 32.4. The Morgan fingerprint density at radius 1 is 0.771 bits per heavy atom. The minimum Gasteiger partial charge on any atom is -0.463 e. The Morgan fingerprint density at radius 2 is 1.23 bits per heavy atom. The molecule has 7 N–H and O–H groups in total. The highest BCUT2D eigenvalue weighted by Crippen LogP contribution is 2.47. The van der Waals surface area contributed by atoms with Crippen molar-refractivity contribution in [3.05, 3.63) is 0 Å². The molecule has 1 aliphatic carbocycles. The number of phosphoric ester groups is 1. The molecule has 0 aromatic rings. The number of phosphoric acid groups is 1. The number of carbonyl (C=O) groups is 1. The van der Waals surface area contributed by atoms with Gasteiger partial charge in [0.2, 0.25) is 0 Å². The van der Waals surface area contributed by atoms with Crippen molar-refractivity contribution in [3.63, 3.8) is 0 Å². The maximum atomic E-state index is 12.1. The number of carbonyl (C=O) groups excluding carboxylic acids is 1. The van der Waals surface area contributed by atoms with Gasteiger partial charge in [-0.05, 0) is 6.42 Å². The zero-order valence-electron chi connectivity index (χ0n) is 20.4. The first-order chi connectivity index (χ1) is 16.5. The number of aliphatic hydroxyl groups excluding tert-OH is 6. The number of hydrogen-bond donors (Lipinski definition) is 7. The summed E-state index contributed by atoms with van der Waals surface area (Å²) in [5.41, 5.74) is 0. The lowest BCUT2D eigenvalue weighted by Crippen LogP contribution is -2.64. The van der Waals surface area contributed by atoms with E-state index < -0.39 is 69.7 Å². The summed E-state index contributed by atoms with van der Waals surface area (Å²) in [6.07, 6.45) is -1.73. The number of esters is 1. The van der Waals surface area contributed by atoms with Gasteiger partial charge in [-0.25, -0.2) is 4.57 Å². The van der Waals surface area contributed by atoms with Gasteiger partial charge in [-0.2, -0.15) is 0 Å². The molecule has 0 saturated heterocycles. The number of aliphatic hydroxyl groups is 6. The second-order valence-electron chi connectivity index (χ2n) is 9.06. The maximum absolute atomic E-state index is 12.1. The van der Waals surface area contributed by atoms with Crippen LogP contribution >= 0.6 is 7.82 Å². The molecule has 0 amide bonds. The van der Waals surface area contributed by atoms with Crippen molar-refractivity contribution < 1.29 is 58.7 Å². The molecule has 1 rings (SSSR count). The van der Waals surface area contributed by atoms with E-state index in [9.17, 15) is 44.9 Å². The fraction of sp³-hybridized carbons (Fsp3) is 0.955. The molecule has 0 radical (unpaired) electrons. The van der Waals surface area contributed by atoms with E-state index in [0.29, 0.717) is 6.42 Å². The molecule has 0 aliphatic heterocycles. The van der Waals surface area contributed by atoms with E-state index in [-0.39, 0.29) is 6.42 Å². The lowest BCUT2D eigenvalue weighted by molar-refractivity contribution is -0.220. The Hall–Kier alpha value is -0.660. The molecule has 0 spiro atoms. The minimum absolute atomic E-state index is 0.194. The predicted molar refractivity (Wildman–Crippen MR) is 124 cm³/mol. The molecule has 35 heavy (non-hydrogen) atoms. The maximum Gasteiger partial charge on any atom is 0.472 e. The Kier molecular flexibility index (Phi) is 15.7. The number of ether oxygens (including phenoxy) is 1. The van der Waals surface area contributed by atoms with Crippen LogP contribution in [0.3, 0.4) is 0 Å². The summed E-state index contributed by atoms with van der Waals surface area (Å²) in [6, 6.07) is 0. The van der Waals surface area contributed by atoms with Gasteiger partial charge >= 0.3 is 13.8 Å². The van der Waals surface area contributed by atoms with Gasteiger partial charge in [0.15, 0.2) is 0 Å². The van der Waals surface area contributed by atoms with Crippen LogP contribution in [0.5, 0.6) is 0 Å². The van der Waals surface area contributed by atoms with E-state index >= 15 is 0 Å². The van der Waals surface area contributed by atoms with Crippen molar-refractivity contribution in [3.8, 4) is 0 Å². The van der Waals surface area contributed by atoms with E-state index in [1.165, 1.54) is 38.5 Å². The molecule has 208 valence electrons. The van der Waals surface area contributed by atoms with E-state index in [1.54, 1.807) is 0 Å². The lowest BCUT2D eigenvalue weighted by Gasteiger charge is -2.41. The standard InChI is InChI=1S/C22H43O12P/c1-2-3-4-5-6-7-8-9-10-11-12-16(24)32-13-15(23)14-33-35(30,31)34-22-20(28)18(26)17(25)19(27)21(22)29/h15,17-23,25-29H,2-14H2,1H3,(H,30,31)/t15-,17?,18-,19?,20?,21?,22?/m1/s1. The molecule has 8 atom stereocenters. The van der Waals surface area contributed by atoms with E-state index in [0.717, 1.165) is 19.3 Å². The van der Waals surface area contributed by atoms with Gasteiger partial charge in [0, 0.05) is 6.42 Å². The Labute approximate surface area is 206 Å². The van der Waals surface area contributed by atoms with Crippen molar-refractivity contribution in [2.24, 2.45) is 0 Å². The summed E-state index contributed by atoms with van der Waals surface area (Å²) < 4.78 is 26.2. The van der Waals surface area contributed by atoms with Crippen molar-refractivity contribution in [2.75, 3.05) is 13.2 Å². The molecule has 1 fully saturated rings. The highest BCUT2D eigenvalue weighted by atomic mass is 31.2. The first-order valence-corrected chi connectivity index (χ1v) is 13.9. The highest BCUT2D eigenvalue weighted by Gasteiger charge is 2.51. The highest BCUT2D eigenvalue weighted by molar-refractivity contribution is 7.47. The zero-order valence-corrected chi connectivity index (χ0v) is 21.2. The molecule has 13 heteroatoms. The van der Waals surface area contributed by atoms with E-state index in [4.69, 9.17) is 4.74 Å². The average molecular weight is 531 g/mol. The summed E-state index contributed by atoms with van der Waals surface area (Å²) in [7, 11) is -4.97. The quantitative estimate of drug-likeness (QED) is 0.0736. The van der Waals surface area contributed by atoms with Crippen molar-refractivity contribution in [1.29, 1.82) is 0 Å². The molecule has 0 bridgehead atoms. The second-order valence-corrected chi connectivity index (χ2v) is 10.5. The normalized spacial score (nSPS) is 29.5. The van der Waals surface area contributed by atoms with Crippen molar-refractivity contribution in [1.82, 2.24) is 0 Å². The number of unbranched alkanes of at least 4 members (excludes halogenated alkanes) is 9. The van der Waals surface area contributed by atoms with Crippen LogP contribution in [0.4, 0.5) is 0 Å². The summed E-state index contributed by atoms with van der Waals surface area (Å²) in [4.78, 5) is 21.6. The SMILES string of the molecule is CCCCCCCCCCCCC(=O)OC[C@@H](O)COP(=O)(O)OC1C(O)C(O)C(O)[C@@H](O)C1O. The fourth-order valence-corrected chi connectivity index (χ4v) is 4.73. The monoisotopic (exact) mass is 530 g/mol. The van der Waals surface area contributed by atoms with Crippen LogP contribution in [-0.4, -0.2) is 97.4 Å². The molecular weight excluding hydrogens is 487 g/mol. The molecule has 6 unspecified atom stereocenters. The van der Waals surface area contributed by atoms with Gasteiger partial charge < -0.3 is 40.3 Å². The topological polar surface area (TPSA) is 203 Å². The summed E-state index contributed by atoms with van der Waals surface area (Å²) in [6.45, 7) is 0.940. The van der Waals surface area contributed by atoms with Gasteiger partial charge in [-0.3, -0.25) is 13.8 Å². The van der Waals surface area contributed by atoms with Gasteiger partial charge in [0.1, 0.15) is 49.3 Å². The summed E-state index contributed by atoms with van der Waals surface area (Å²) >= 11 is 0. The Morgan fingerprint density at radius 3 is 1.74 bits per heavy atom. The van der Waals surface area contributed by atoms with Gasteiger partial charge in [-0.1, -0.05) is 64.7 Å². The van der Waals surface area contributed by atoms with Crippen LogP contribution in [0.1, 0.15) is 77.6 Å². The Bertz CT molecular complexity index is 620. The van der Waals surface area contributed by atoms with Crippen LogP contribution in [0, 0.1) is 0 Å². The second kappa shape index (κ2) is 17.0. The van der Waals surface area contributed by atoms with Crippen LogP contribution in [0.2, 0.25) is 0 Å². The van der Waals surface area contributed by atoms with Gasteiger partial charge in [-0.15, -0.1) is 0 Å². The van der Waals surface area contributed by atoms with E-state index in [2.05, 4.69) is 16.0 Å². The number of hydrogen-bond acceptors (Lipinski definition) is 11. The molecule has 1 saturated carbocycles. The van der Waals surface area contributed by atoms with Crippen LogP contribution in [0.15, 0.2) is 0 Å². The minimum atomic E-state index is -4.97.